The summed E-state index contributed by atoms with van der Waals surface area (Å²) in [6, 6.07) is 4.61. The average Bonchev–Trinajstić information content (AvgIpc) is 2.76. The number of carboxylic acids is 1. The van der Waals surface area contributed by atoms with E-state index in [1.54, 1.807) is 6.08 Å². The van der Waals surface area contributed by atoms with Gasteiger partial charge in [0.25, 0.3) is 6.43 Å². The molecule has 2 N–H and O–H groups in total. The molecule has 0 spiro atoms. The number of aliphatic carboxylic acids is 1. The van der Waals surface area contributed by atoms with Gasteiger partial charge in [-0.3, -0.25) is 9.80 Å². The molecule has 11 heteroatoms. The second kappa shape index (κ2) is 10.2. The lowest BCUT2D eigenvalue weighted by atomic mass is 9.95. The lowest BCUT2D eigenvalue weighted by Gasteiger charge is -2.27. The topological polar surface area (TPSA) is 82.0 Å². The predicted octanol–water partition coefficient (Wildman–Crippen LogP) is 4.16. The maximum atomic E-state index is 13.7. The van der Waals surface area contributed by atoms with Crippen LogP contribution in [-0.4, -0.2) is 47.7 Å². The van der Waals surface area contributed by atoms with Crippen LogP contribution in [0.5, 0.6) is 0 Å². The second-order valence-corrected chi connectivity index (χ2v) is 7.94. The Morgan fingerprint density at radius 1 is 1.29 bits per heavy atom. The molecular weight excluding hydrogens is 461 g/mol. The Bertz CT molecular complexity index is 1090. The van der Waals surface area contributed by atoms with E-state index in [2.05, 4.69) is 10.4 Å². The maximum Gasteiger partial charge on any atom is 0.416 e. The van der Waals surface area contributed by atoms with Gasteiger partial charge in [0, 0.05) is 37.7 Å². The Kier molecular flexibility index (Phi) is 7.53. The molecule has 3 rings (SSSR count). The number of allylic oxidation sites excluding steroid dienone is 2. The van der Waals surface area contributed by atoms with Crippen molar-refractivity contribution in [2.45, 2.75) is 31.9 Å². The monoisotopic (exact) mass is 483 g/mol. The zero-order chi connectivity index (χ0) is 25.0. The molecule has 0 bridgehead atoms. The van der Waals surface area contributed by atoms with Gasteiger partial charge in [0.1, 0.15) is 5.70 Å². The number of halogens is 5. The van der Waals surface area contributed by atoms with Gasteiger partial charge in [0.05, 0.1) is 11.1 Å². The number of alkyl halides is 5. The zero-order valence-electron chi connectivity index (χ0n) is 18.1. The minimum atomic E-state index is -4.52. The highest BCUT2D eigenvalue weighted by Crippen LogP contribution is 2.31. The lowest BCUT2D eigenvalue weighted by Crippen LogP contribution is -2.36. The number of hydrogen-bond donors (Lipinski definition) is 2. The summed E-state index contributed by atoms with van der Waals surface area (Å²) in [4.78, 5) is 23.7. The van der Waals surface area contributed by atoms with E-state index in [9.17, 15) is 31.5 Å². The molecule has 0 fully saturated rings. The largest absolute Gasteiger partial charge is 0.478 e. The number of rotatable bonds is 7. The van der Waals surface area contributed by atoms with E-state index in [1.165, 1.54) is 31.3 Å². The van der Waals surface area contributed by atoms with Gasteiger partial charge >= 0.3 is 12.1 Å². The summed E-state index contributed by atoms with van der Waals surface area (Å²) in [6.45, 7) is 0.0998. The van der Waals surface area contributed by atoms with Crippen LogP contribution in [0.4, 0.5) is 22.0 Å². The first kappa shape index (κ1) is 25.1. The fraction of sp³-hybridized carbons (Fsp3) is 0.348. The van der Waals surface area contributed by atoms with Gasteiger partial charge in [-0.1, -0.05) is 36.4 Å². The Morgan fingerprint density at radius 3 is 2.62 bits per heavy atom. The van der Waals surface area contributed by atoms with Crippen molar-refractivity contribution in [2.24, 2.45) is 11.0 Å². The van der Waals surface area contributed by atoms with E-state index < -0.39 is 35.7 Å². The van der Waals surface area contributed by atoms with Crippen molar-refractivity contribution >= 4 is 17.6 Å². The molecule has 1 aliphatic carbocycles. The van der Waals surface area contributed by atoms with Crippen LogP contribution in [0.2, 0.25) is 0 Å². The molecule has 1 unspecified atom stereocenters. The smallest absolute Gasteiger partial charge is 0.416 e. The quantitative estimate of drug-likeness (QED) is 0.571. The minimum absolute atomic E-state index is 0.0460. The number of hydrogen-bond acceptors (Lipinski definition) is 4. The average molecular weight is 483 g/mol. The molecule has 0 saturated heterocycles. The highest BCUT2D eigenvalue weighted by atomic mass is 19.4. The van der Waals surface area contributed by atoms with E-state index in [1.807, 2.05) is 0 Å². The maximum absolute atomic E-state index is 13.7. The number of hydrazone groups is 1. The fourth-order valence-electron chi connectivity index (χ4n) is 3.76. The zero-order valence-corrected chi connectivity index (χ0v) is 18.1. The Labute approximate surface area is 192 Å². The van der Waals surface area contributed by atoms with E-state index >= 15 is 0 Å². The van der Waals surface area contributed by atoms with E-state index in [0.717, 1.165) is 17.1 Å². The molecule has 1 aromatic rings. The van der Waals surface area contributed by atoms with Crippen molar-refractivity contribution in [3.63, 3.8) is 0 Å². The van der Waals surface area contributed by atoms with Crippen molar-refractivity contribution in [2.75, 3.05) is 13.6 Å². The Morgan fingerprint density at radius 2 is 2.03 bits per heavy atom. The highest BCUT2D eigenvalue weighted by molar-refractivity contribution is 6.02. The molecule has 0 saturated carbocycles. The molecule has 1 aliphatic heterocycles. The first-order valence-electron chi connectivity index (χ1n) is 10.3. The van der Waals surface area contributed by atoms with Crippen molar-refractivity contribution in [3.05, 3.63) is 70.5 Å². The summed E-state index contributed by atoms with van der Waals surface area (Å²) in [7, 11) is 1.25. The fourth-order valence-corrected chi connectivity index (χ4v) is 3.76. The molecular formula is C23H22F5N3O3. The van der Waals surface area contributed by atoms with Crippen LogP contribution in [-0.2, 0) is 22.2 Å². The van der Waals surface area contributed by atoms with Crippen LogP contribution >= 0.6 is 0 Å². The van der Waals surface area contributed by atoms with Crippen LogP contribution in [0.25, 0.3) is 0 Å². The van der Waals surface area contributed by atoms with Crippen molar-refractivity contribution in [3.8, 4) is 0 Å². The number of nitrogens with one attached hydrogen (secondary N) is 1. The van der Waals surface area contributed by atoms with E-state index in [-0.39, 0.29) is 47.7 Å². The van der Waals surface area contributed by atoms with Gasteiger partial charge < -0.3 is 10.4 Å². The van der Waals surface area contributed by atoms with Gasteiger partial charge in [-0.15, -0.1) is 0 Å². The van der Waals surface area contributed by atoms with Crippen LogP contribution in [0.15, 0.2) is 64.4 Å². The minimum Gasteiger partial charge on any atom is -0.478 e. The summed E-state index contributed by atoms with van der Waals surface area (Å²) in [5, 5.41) is 16.5. The Balaban J connectivity index is 1.71. The molecule has 1 aromatic carbocycles. The summed E-state index contributed by atoms with van der Waals surface area (Å²) in [6.07, 6.45) is -2.88. The number of benzene rings is 1. The summed E-state index contributed by atoms with van der Waals surface area (Å²) in [5.41, 5.74) is -0.932. The van der Waals surface area contributed by atoms with Gasteiger partial charge in [-0.05, 0) is 24.0 Å². The van der Waals surface area contributed by atoms with Crippen molar-refractivity contribution in [1.82, 2.24) is 10.3 Å². The van der Waals surface area contributed by atoms with Gasteiger partial charge in [0.15, 0.2) is 0 Å². The summed E-state index contributed by atoms with van der Waals surface area (Å²) in [5.74, 6) is -2.01. The third-order valence-electron chi connectivity index (χ3n) is 5.43. The molecule has 34 heavy (non-hydrogen) atoms. The van der Waals surface area contributed by atoms with Crippen molar-refractivity contribution < 1.29 is 36.6 Å². The normalized spacial score (nSPS) is 18.7. The number of carbonyl (C=O) groups is 2. The van der Waals surface area contributed by atoms with Crippen LogP contribution < -0.4 is 5.32 Å². The first-order chi connectivity index (χ1) is 16.0. The molecule has 6 nitrogen and oxygen atoms in total. The Hall–Kier alpha value is -3.50. The lowest BCUT2D eigenvalue weighted by molar-refractivity contribution is -0.137. The number of nitrogens with zero attached hydrogens (tertiary/aromatic N) is 2. The highest BCUT2D eigenvalue weighted by Gasteiger charge is 2.32. The van der Waals surface area contributed by atoms with Gasteiger partial charge in [-0.2, -0.15) is 18.3 Å². The summed E-state index contributed by atoms with van der Waals surface area (Å²) >= 11 is 0. The third-order valence-corrected chi connectivity index (χ3v) is 5.43. The molecule has 1 heterocycles. The molecule has 0 aromatic heterocycles. The van der Waals surface area contributed by atoms with Crippen molar-refractivity contribution in [1.29, 1.82) is 0 Å². The molecule has 2 aliphatic rings. The molecule has 0 radical (unpaired) electrons. The van der Waals surface area contributed by atoms with Crippen LogP contribution in [0, 0.1) is 5.92 Å². The predicted molar refractivity (Wildman–Crippen MR) is 114 cm³/mol. The number of carbonyl (C=O) groups excluding carboxylic acids is 1. The van der Waals surface area contributed by atoms with E-state index in [4.69, 9.17) is 5.11 Å². The van der Waals surface area contributed by atoms with Gasteiger partial charge in [0.2, 0.25) is 5.91 Å². The second-order valence-electron chi connectivity index (χ2n) is 7.94. The summed E-state index contributed by atoms with van der Waals surface area (Å²) < 4.78 is 66.4. The molecule has 1 atom stereocenters. The van der Waals surface area contributed by atoms with Crippen LogP contribution in [0.1, 0.15) is 24.0 Å². The SMILES string of the molecule is CN1N=C(Cc2cccc(C(F)(F)F)c2)CC(C(=O)NCC2C=CC(C(=O)O)=CC2)=C1C(F)F. The van der Waals surface area contributed by atoms with E-state index in [0.29, 0.717) is 6.42 Å². The molecule has 182 valence electrons. The third kappa shape index (κ3) is 6.09. The first-order valence-corrected chi connectivity index (χ1v) is 10.3. The number of amides is 1. The molecule has 1 amide bonds. The number of carboxylic acid groups (broad SMARTS) is 1. The van der Waals surface area contributed by atoms with Crippen LogP contribution in [0.3, 0.4) is 0 Å². The standard InChI is InChI=1S/C23H22F5N3O3/c1-31-19(20(24)25)18(21(32)29-12-13-5-7-15(8-6-13)22(33)34)11-17(30-31)10-14-3-2-4-16(9-14)23(26,27)28/h2-5,7-9,13,20H,6,10-12H2,1H3,(H,29,32)(H,33,34). The van der Waals surface area contributed by atoms with Gasteiger partial charge in [-0.25, -0.2) is 13.6 Å².